The van der Waals surface area contributed by atoms with Crippen molar-refractivity contribution in [3.05, 3.63) is 40.2 Å². The highest BCUT2D eigenvalue weighted by Gasteiger charge is 2.25. The number of ether oxygens (including phenoxy) is 1. The zero-order chi connectivity index (χ0) is 17.1. The molecule has 1 heterocycles. The lowest BCUT2D eigenvalue weighted by atomic mass is 10.0. The molecule has 1 aromatic heterocycles. The summed E-state index contributed by atoms with van der Waals surface area (Å²) in [6.45, 7) is 2.09. The number of carbonyl (C=O) groups is 1. The number of anilines is 1. The molecular formula is C17H17ClN2O2S2. The number of thiophene rings is 1. The maximum atomic E-state index is 12.5. The number of esters is 1. The van der Waals surface area contributed by atoms with Crippen molar-refractivity contribution in [1.82, 2.24) is 5.32 Å². The smallest absolute Gasteiger partial charge is 0.341 e. The normalized spacial score (nSPS) is 13.4. The molecule has 7 heteroatoms. The van der Waals surface area contributed by atoms with Gasteiger partial charge in [-0.05, 0) is 38.0 Å². The summed E-state index contributed by atoms with van der Waals surface area (Å²) in [5, 5.41) is 10.0. The zero-order valence-electron chi connectivity index (χ0n) is 13.1. The van der Waals surface area contributed by atoms with Crippen molar-refractivity contribution in [2.75, 3.05) is 11.9 Å². The molecule has 2 N–H and O–H groups in total. The molecule has 126 valence electrons. The van der Waals surface area contributed by atoms with Crippen molar-refractivity contribution in [2.24, 2.45) is 0 Å². The number of thiocarbonyl (C=S) groups is 1. The van der Waals surface area contributed by atoms with Crippen molar-refractivity contribution in [2.45, 2.75) is 25.8 Å². The molecule has 0 radical (unpaired) electrons. The summed E-state index contributed by atoms with van der Waals surface area (Å²) >= 11 is 13.0. The van der Waals surface area contributed by atoms with E-state index in [1.54, 1.807) is 13.0 Å². The summed E-state index contributed by atoms with van der Waals surface area (Å²) < 4.78 is 5.22. The van der Waals surface area contributed by atoms with Crippen molar-refractivity contribution in [3.63, 3.8) is 0 Å². The minimum Gasteiger partial charge on any atom is -0.462 e. The largest absolute Gasteiger partial charge is 0.462 e. The standard InChI is InChI=1S/C17H17ClN2O2S2/c1-2-22-16(21)14-12(11-5-3-4-6-13(11)18)9-24-15(14)20-17(23)19-10-7-8-10/h3-6,9-10H,2,7-8H2,1H3,(H2,19,20,23). The summed E-state index contributed by atoms with van der Waals surface area (Å²) in [4.78, 5) is 12.5. The van der Waals surface area contributed by atoms with Crippen LogP contribution in [0.1, 0.15) is 30.1 Å². The summed E-state index contributed by atoms with van der Waals surface area (Å²) in [5.74, 6) is -0.384. The molecule has 4 nitrogen and oxygen atoms in total. The number of carbonyl (C=O) groups excluding carboxylic acids is 1. The summed E-state index contributed by atoms with van der Waals surface area (Å²) in [7, 11) is 0. The van der Waals surface area contributed by atoms with Crippen molar-refractivity contribution < 1.29 is 9.53 Å². The van der Waals surface area contributed by atoms with Crippen LogP contribution in [-0.2, 0) is 4.74 Å². The Morgan fingerprint density at radius 2 is 2.12 bits per heavy atom. The Labute approximate surface area is 155 Å². The Hall–Kier alpha value is -1.63. The van der Waals surface area contributed by atoms with Crippen LogP contribution < -0.4 is 10.6 Å². The van der Waals surface area contributed by atoms with Gasteiger partial charge in [-0.2, -0.15) is 0 Å². The van der Waals surface area contributed by atoms with Crippen molar-refractivity contribution in [3.8, 4) is 11.1 Å². The van der Waals surface area contributed by atoms with Crippen molar-refractivity contribution in [1.29, 1.82) is 0 Å². The third kappa shape index (κ3) is 3.88. The molecule has 0 bridgehead atoms. The fourth-order valence-electron chi connectivity index (χ4n) is 2.29. The lowest BCUT2D eigenvalue weighted by molar-refractivity contribution is 0.0529. The van der Waals surface area contributed by atoms with Gasteiger partial charge in [0.15, 0.2) is 5.11 Å². The van der Waals surface area contributed by atoms with Gasteiger partial charge in [-0.25, -0.2) is 4.79 Å². The van der Waals surface area contributed by atoms with Crippen LogP contribution in [0, 0.1) is 0 Å². The number of rotatable bonds is 5. The quantitative estimate of drug-likeness (QED) is 0.582. The van der Waals surface area contributed by atoms with Crippen molar-refractivity contribution >= 4 is 51.2 Å². The van der Waals surface area contributed by atoms with E-state index in [9.17, 15) is 4.79 Å². The number of hydrogen-bond acceptors (Lipinski definition) is 4. The molecule has 0 aliphatic heterocycles. The van der Waals surface area contributed by atoms with Gasteiger partial charge in [-0.3, -0.25) is 0 Å². The second-order valence-corrected chi connectivity index (χ2v) is 7.12. The Bertz CT molecular complexity index is 772. The average Bonchev–Trinajstić information content (AvgIpc) is 3.26. The Morgan fingerprint density at radius 3 is 2.79 bits per heavy atom. The van der Waals surface area contributed by atoms with Gasteiger partial charge in [0.05, 0.1) is 6.61 Å². The molecule has 1 saturated carbocycles. The van der Waals surface area contributed by atoms with E-state index in [1.807, 2.05) is 23.6 Å². The molecule has 2 aromatic rings. The van der Waals surface area contributed by atoms with E-state index >= 15 is 0 Å². The fourth-order valence-corrected chi connectivity index (χ4v) is 3.81. The zero-order valence-corrected chi connectivity index (χ0v) is 15.5. The fraction of sp³-hybridized carbons (Fsp3) is 0.294. The molecule has 3 rings (SSSR count). The molecule has 1 fully saturated rings. The van der Waals surface area contributed by atoms with Crippen LogP contribution in [0.15, 0.2) is 29.6 Å². The van der Waals surface area contributed by atoms with Gasteiger partial charge in [0.25, 0.3) is 0 Å². The molecule has 24 heavy (non-hydrogen) atoms. The highest BCUT2D eigenvalue weighted by atomic mass is 35.5. The summed E-state index contributed by atoms with van der Waals surface area (Å²) in [6.07, 6.45) is 2.25. The minimum absolute atomic E-state index is 0.306. The first kappa shape index (κ1) is 17.2. The van der Waals surface area contributed by atoms with Crippen LogP contribution in [0.4, 0.5) is 5.00 Å². The van der Waals surface area contributed by atoms with E-state index in [0.717, 1.165) is 24.0 Å². The molecule has 0 saturated heterocycles. The molecule has 1 aromatic carbocycles. The maximum Gasteiger partial charge on any atom is 0.341 e. The number of halogens is 1. The topological polar surface area (TPSA) is 50.4 Å². The molecule has 0 unspecified atom stereocenters. The summed E-state index contributed by atoms with van der Waals surface area (Å²) in [5.41, 5.74) is 2.02. The number of nitrogens with one attached hydrogen (secondary N) is 2. The highest BCUT2D eigenvalue weighted by Crippen LogP contribution is 2.39. The van der Waals surface area contributed by atoms with Gasteiger partial charge in [0, 0.05) is 27.6 Å². The third-order valence-corrected chi connectivity index (χ3v) is 5.02. The van der Waals surface area contributed by atoms with E-state index in [4.69, 9.17) is 28.6 Å². The Balaban J connectivity index is 1.95. The second-order valence-electron chi connectivity index (χ2n) is 5.43. The van der Waals surface area contributed by atoms with Gasteiger partial charge in [-0.15, -0.1) is 11.3 Å². The van der Waals surface area contributed by atoms with Gasteiger partial charge < -0.3 is 15.4 Å². The Kier molecular flexibility index (Phi) is 5.38. The van der Waals surface area contributed by atoms with Crippen LogP contribution in [0.25, 0.3) is 11.1 Å². The predicted octanol–water partition coefficient (Wildman–Crippen LogP) is 4.69. The minimum atomic E-state index is -0.384. The molecule has 0 spiro atoms. The molecule has 0 amide bonds. The van der Waals surface area contributed by atoms with E-state index in [2.05, 4.69) is 10.6 Å². The van der Waals surface area contributed by atoms with Crippen LogP contribution in [-0.4, -0.2) is 23.7 Å². The lowest BCUT2D eigenvalue weighted by Gasteiger charge is -2.11. The van der Waals surface area contributed by atoms with E-state index < -0.39 is 0 Å². The van der Waals surface area contributed by atoms with Crippen LogP contribution in [0.3, 0.4) is 0 Å². The van der Waals surface area contributed by atoms with Crippen LogP contribution in [0.2, 0.25) is 5.02 Å². The molecule has 1 aliphatic carbocycles. The van der Waals surface area contributed by atoms with Crippen LogP contribution in [0.5, 0.6) is 0 Å². The first-order chi connectivity index (χ1) is 11.6. The Morgan fingerprint density at radius 1 is 1.38 bits per heavy atom. The van der Waals surface area contributed by atoms with Gasteiger partial charge >= 0.3 is 5.97 Å². The maximum absolute atomic E-state index is 12.5. The average molecular weight is 381 g/mol. The van der Waals surface area contributed by atoms with Gasteiger partial charge in [0.1, 0.15) is 10.6 Å². The number of hydrogen-bond donors (Lipinski definition) is 2. The third-order valence-electron chi connectivity index (χ3n) is 3.57. The van der Waals surface area contributed by atoms with E-state index in [-0.39, 0.29) is 5.97 Å². The SMILES string of the molecule is CCOC(=O)c1c(-c2ccccc2Cl)csc1NC(=S)NC1CC1. The second kappa shape index (κ2) is 7.51. The monoisotopic (exact) mass is 380 g/mol. The van der Waals surface area contributed by atoms with E-state index in [1.165, 1.54) is 11.3 Å². The van der Waals surface area contributed by atoms with Crippen LogP contribution >= 0.6 is 35.2 Å². The molecule has 1 aliphatic rings. The summed E-state index contributed by atoms with van der Waals surface area (Å²) in [6, 6.07) is 7.88. The van der Waals surface area contributed by atoms with Gasteiger partial charge in [0.2, 0.25) is 0 Å². The first-order valence-electron chi connectivity index (χ1n) is 7.71. The molecule has 0 atom stereocenters. The predicted molar refractivity (Wildman–Crippen MR) is 103 cm³/mol. The first-order valence-corrected chi connectivity index (χ1v) is 9.37. The van der Waals surface area contributed by atoms with Gasteiger partial charge in [-0.1, -0.05) is 29.8 Å². The van der Waals surface area contributed by atoms with E-state index in [0.29, 0.717) is 33.3 Å². The lowest BCUT2D eigenvalue weighted by Crippen LogP contribution is -2.30. The highest BCUT2D eigenvalue weighted by molar-refractivity contribution is 7.80. The molecular weight excluding hydrogens is 364 g/mol. The number of benzene rings is 1.